The molecule has 2 rings (SSSR count). The molecule has 0 radical (unpaired) electrons. The minimum atomic E-state index is -2.90. The maximum absolute atomic E-state index is 12.5. The van der Waals surface area contributed by atoms with Gasteiger partial charge in [0.25, 0.3) is 0 Å². The zero-order chi connectivity index (χ0) is 19.3. The fourth-order valence-electron chi connectivity index (χ4n) is 3.20. The van der Waals surface area contributed by atoms with E-state index in [1.165, 1.54) is 6.07 Å². The summed E-state index contributed by atoms with van der Waals surface area (Å²) in [7, 11) is 0. The standard InChI is InChI=1S/C18H24F2N2O4/c1-18(2,10-16(24)25)9-15(23)21-12-7-8-22(11-12)13-5-3-4-6-14(13)26-17(19)20/h3-6,12,17H,7-11H2,1-2H3,(H,21,23)(H,24,25). The minimum absolute atomic E-state index is 0.0877. The summed E-state index contributed by atoms with van der Waals surface area (Å²) in [5.41, 5.74) is -0.0675. The monoisotopic (exact) mass is 370 g/mol. The van der Waals surface area contributed by atoms with Crippen LogP contribution >= 0.6 is 0 Å². The number of para-hydroxylation sites is 2. The third kappa shape index (κ3) is 5.86. The van der Waals surface area contributed by atoms with Crippen LogP contribution in [0.1, 0.15) is 33.1 Å². The number of nitrogens with one attached hydrogen (secondary N) is 1. The Morgan fingerprint density at radius 3 is 2.69 bits per heavy atom. The van der Waals surface area contributed by atoms with Crippen LogP contribution in [0.15, 0.2) is 24.3 Å². The number of carbonyl (C=O) groups is 2. The van der Waals surface area contributed by atoms with Crippen molar-refractivity contribution in [3.05, 3.63) is 24.3 Å². The van der Waals surface area contributed by atoms with Gasteiger partial charge in [-0.2, -0.15) is 8.78 Å². The second-order valence-electron chi connectivity index (χ2n) is 7.26. The van der Waals surface area contributed by atoms with Crippen LogP contribution in [0.3, 0.4) is 0 Å². The van der Waals surface area contributed by atoms with E-state index in [0.717, 1.165) is 0 Å². The van der Waals surface area contributed by atoms with E-state index in [1.807, 2.05) is 4.90 Å². The van der Waals surface area contributed by atoms with Crippen molar-refractivity contribution in [2.24, 2.45) is 5.41 Å². The zero-order valence-electron chi connectivity index (χ0n) is 14.9. The maximum Gasteiger partial charge on any atom is 0.387 e. The Balaban J connectivity index is 1.93. The number of anilines is 1. The third-order valence-electron chi connectivity index (χ3n) is 4.24. The average molecular weight is 370 g/mol. The van der Waals surface area contributed by atoms with Gasteiger partial charge in [-0.15, -0.1) is 0 Å². The molecule has 1 unspecified atom stereocenters. The number of benzene rings is 1. The Bertz CT molecular complexity index is 652. The normalized spacial score (nSPS) is 17.4. The number of halogens is 2. The lowest BCUT2D eigenvalue weighted by atomic mass is 9.85. The van der Waals surface area contributed by atoms with Crippen molar-refractivity contribution < 1.29 is 28.2 Å². The first-order valence-electron chi connectivity index (χ1n) is 8.46. The van der Waals surface area contributed by atoms with Gasteiger partial charge < -0.3 is 20.1 Å². The van der Waals surface area contributed by atoms with E-state index in [0.29, 0.717) is 25.2 Å². The van der Waals surface area contributed by atoms with Crippen LogP contribution in [-0.4, -0.2) is 42.7 Å². The molecule has 0 saturated carbocycles. The highest BCUT2D eigenvalue weighted by Gasteiger charge is 2.29. The maximum atomic E-state index is 12.5. The summed E-state index contributed by atoms with van der Waals surface area (Å²) >= 11 is 0. The summed E-state index contributed by atoms with van der Waals surface area (Å²) in [5, 5.41) is 11.8. The molecule has 8 heteroatoms. The molecule has 1 aliphatic heterocycles. The highest BCUT2D eigenvalue weighted by atomic mass is 19.3. The summed E-state index contributed by atoms with van der Waals surface area (Å²) < 4.78 is 29.6. The van der Waals surface area contributed by atoms with Crippen LogP contribution < -0.4 is 15.0 Å². The Morgan fingerprint density at radius 2 is 2.04 bits per heavy atom. The fourth-order valence-corrected chi connectivity index (χ4v) is 3.20. The first-order chi connectivity index (χ1) is 12.2. The number of amides is 1. The molecule has 1 aromatic rings. The van der Waals surface area contributed by atoms with Gasteiger partial charge in [0, 0.05) is 25.6 Å². The van der Waals surface area contributed by atoms with Crippen molar-refractivity contribution in [2.75, 3.05) is 18.0 Å². The number of carboxylic acid groups (broad SMARTS) is 1. The number of carbonyl (C=O) groups excluding carboxylic acids is 1. The average Bonchev–Trinajstić information content (AvgIpc) is 2.93. The summed E-state index contributed by atoms with van der Waals surface area (Å²) in [6, 6.07) is 6.44. The van der Waals surface area contributed by atoms with E-state index in [1.54, 1.807) is 32.0 Å². The molecule has 1 amide bonds. The molecule has 0 spiro atoms. The predicted molar refractivity (Wildman–Crippen MR) is 92.5 cm³/mol. The first-order valence-corrected chi connectivity index (χ1v) is 8.46. The van der Waals surface area contributed by atoms with E-state index < -0.39 is 18.0 Å². The molecule has 1 atom stereocenters. The molecular weight excluding hydrogens is 346 g/mol. The molecule has 144 valence electrons. The van der Waals surface area contributed by atoms with Crippen LogP contribution in [0.4, 0.5) is 14.5 Å². The summed E-state index contributed by atoms with van der Waals surface area (Å²) in [6.07, 6.45) is 0.699. The summed E-state index contributed by atoms with van der Waals surface area (Å²) in [4.78, 5) is 24.9. The largest absolute Gasteiger partial charge is 0.481 e. The van der Waals surface area contributed by atoms with Crippen LogP contribution in [0.25, 0.3) is 0 Å². The second-order valence-corrected chi connectivity index (χ2v) is 7.26. The van der Waals surface area contributed by atoms with Gasteiger partial charge >= 0.3 is 12.6 Å². The molecule has 0 aliphatic carbocycles. The van der Waals surface area contributed by atoms with Crippen molar-refractivity contribution in [1.82, 2.24) is 5.32 Å². The highest BCUT2D eigenvalue weighted by molar-refractivity contribution is 5.78. The zero-order valence-corrected chi connectivity index (χ0v) is 14.9. The molecule has 1 heterocycles. The quantitative estimate of drug-likeness (QED) is 0.736. The highest BCUT2D eigenvalue weighted by Crippen LogP contribution is 2.32. The summed E-state index contributed by atoms with van der Waals surface area (Å²) in [5.74, 6) is -1.04. The van der Waals surface area contributed by atoms with Gasteiger partial charge in [0.2, 0.25) is 5.91 Å². The molecule has 26 heavy (non-hydrogen) atoms. The molecule has 6 nitrogen and oxygen atoms in total. The molecule has 1 aromatic carbocycles. The number of rotatable bonds is 8. The predicted octanol–water partition coefficient (Wildman–Crippen LogP) is 2.87. The van der Waals surface area contributed by atoms with Crippen LogP contribution in [0.5, 0.6) is 5.75 Å². The van der Waals surface area contributed by atoms with E-state index in [-0.39, 0.29) is 30.5 Å². The Kier molecular flexibility index (Phi) is 6.39. The van der Waals surface area contributed by atoms with Gasteiger partial charge in [0.05, 0.1) is 12.1 Å². The first kappa shape index (κ1) is 19.9. The van der Waals surface area contributed by atoms with Crippen LogP contribution in [0.2, 0.25) is 0 Å². The molecular formula is C18H24F2N2O4. The van der Waals surface area contributed by atoms with Crippen LogP contribution in [0, 0.1) is 5.41 Å². The topological polar surface area (TPSA) is 78.9 Å². The van der Waals surface area contributed by atoms with Gasteiger partial charge in [-0.3, -0.25) is 9.59 Å². The van der Waals surface area contributed by atoms with E-state index in [2.05, 4.69) is 10.1 Å². The SMILES string of the molecule is CC(C)(CC(=O)O)CC(=O)NC1CCN(c2ccccc2OC(F)F)C1. The van der Waals surface area contributed by atoms with Gasteiger partial charge in [0.15, 0.2) is 0 Å². The molecule has 1 aliphatic rings. The van der Waals surface area contributed by atoms with Crippen molar-refractivity contribution >= 4 is 17.6 Å². The van der Waals surface area contributed by atoms with E-state index in [4.69, 9.17) is 5.11 Å². The third-order valence-corrected chi connectivity index (χ3v) is 4.24. The Hall–Kier alpha value is -2.38. The Morgan fingerprint density at radius 1 is 1.35 bits per heavy atom. The minimum Gasteiger partial charge on any atom is -0.481 e. The number of hydrogen-bond donors (Lipinski definition) is 2. The lowest BCUT2D eigenvalue weighted by Crippen LogP contribution is -2.39. The molecule has 1 saturated heterocycles. The lowest BCUT2D eigenvalue weighted by molar-refractivity contribution is -0.139. The molecule has 0 bridgehead atoms. The van der Waals surface area contributed by atoms with Crippen molar-refractivity contribution in [3.63, 3.8) is 0 Å². The van der Waals surface area contributed by atoms with Gasteiger partial charge in [-0.1, -0.05) is 26.0 Å². The Labute approximate surface area is 151 Å². The van der Waals surface area contributed by atoms with E-state index in [9.17, 15) is 18.4 Å². The number of ether oxygens (including phenoxy) is 1. The van der Waals surface area contributed by atoms with Crippen molar-refractivity contribution in [2.45, 2.75) is 45.8 Å². The molecule has 0 aromatic heterocycles. The summed E-state index contributed by atoms with van der Waals surface area (Å²) in [6.45, 7) is 1.66. The smallest absolute Gasteiger partial charge is 0.387 e. The van der Waals surface area contributed by atoms with Gasteiger partial charge in [-0.05, 0) is 24.0 Å². The number of carboxylic acids is 1. The van der Waals surface area contributed by atoms with Gasteiger partial charge in [0.1, 0.15) is 5.75 Å². The van der Waals surface area contributed by atoms with Crippen molar-refractivity contribution in [1.29, 1.82) is 0 Å². The van der Waals surface area contributed by atoms with Crippen LogP contribution in [-0.2, 0) is 9.59 Å². The van der Waals surface area contributed by atoms with Crippen molar-refractivity contribution in [3.8, 4) is 5.75 Å². The number of hydrogen-bond acceptors (Lipinski definition) is 4. The number of aliphatic carboxylic acids is 1. The van der Waals surface area contributed by atoms with E-state index >= 15 is 0 Å². The lowest BCUT2D eigenvalue weighted by Gasteiger charge is -2.24. The van der Waals surface area contributed by atoms with Gasteiger partial charge in [-0.25, -0.2) is 0 Å². The molecule has 2 N–H and O–H groups in total. The number of nitrogens with zero attached hydrogens (tertiary/aromatic N) is 1. The number of alkyl halides is 2. The fraction of sp³-hybridized carbons (Fsp3) is 0.556. The molecule has 1 fully saturated rings. The second kappa shape index (κ2) is 8.33.